The first-order valence-corrected chi connectivity index (χ1v) is 8.77. The Morgan fingerprint density at radius 3 is 2.78 bits per heavy atom. The van der Waals surface area contributed by atoms with Gasteiger partial charge in [0.25, 0.3) is 5.91 Å². The van der Waals surface area contributed by atoms with Crippen LogP contribution in [0.15, 0.2) is 36.5 Å². The average Bonchev–Trinajstić information content (AvgIpc) is 3.30. The minimum absolute atomic E-state index is 0.248. The molecule has 1 aliphatic rings. The van der Waals surface area contributed by atoms with Gasteiger partial charge in [0.05, 0.1) is 12.8 Å². The maximum atomic E-state index is 12.7. The van der Waals surface area contributed by atoms with Crippen molar-refractivity contribution in [2.75, 3.05) is 12.5 Å². The summed E-state index contributed by atoms with van der Waals surface area (Å²) >= 11 is 0. The molecule has 27 heavy (non-hydrogen) atoms. The first kappa shape index (κ1) is 17.0. The number of carbonyl (C=O) groups is 1. The number of methoxy groups -OCH3 is 1. The second-order valence-corrected chi connectivity index (χ2v) is 6.38. The Morgan fingerprint density at radius 2 is 2.00 bits per heavy atom. The summed E-state index contributed by atoms with van der Waals surface area (Å²) in [6, 6.07) is 9.75. The number of nitrogens with one attached hydrogen (secondary N) is 2. The van der Waals surface area contributed by atoms with Gasteiger partial charge in [0.15, 0.2) is 5.69 Å². The lowest BCUT2D eigenvalue weighted by molar-refractivity contribution is 0.0956. The molecule has 138 valence electrons. The van der Waals surface area contributed by atoms with Crippen molar-refractivity contribution >= 4 is 11.9 Å². The summed E-state index contributed by atoms with van der Waals surface area (Å²) in [5, 5.41) is 4.58. The van der Waals surface area contributed by atoms with E-state index in [9.17, 15) is 4.79 Å². The second-order valence-electron chi connectivity index (χ2n) is 6.38. The van der Waals surface area contributed by atoms with Crippen LogP contribution in [-0.2, 0) is 12.8 Å². The summed E-state index contributed by atoms with van der Waals surface area (Å²) in [4.78, 5) is 20.8. The van der Waals surface area contributed by atoms with Crippen LogP contribution in [0.3, 0.4) is 0 Å². The highest BCUT2D eigenvalue weighted by atomic mass is 16.5. The van der Waals surface area contributed by atoms with Crippen molar-refractivity contribution < 1.29 is 9.53 Å². The lowest BCUT2D eigenvalue weighted by atomic mass is 10.2. The number of amides is 1. The summed E-state index contributed by atoms with van der Waals surface area (Å²) in [5.74, 6) is 0.342. The standard InChI is InChI=1S/C19H20N6O2/c1-12-6-8-13(9-7-12)25-15-5-3-4-14(15)17(24-25)18(26)22-23-19-20-11-10-16(21-19)27-2/h6-11H,3-5H2,1-2H3,(H,22,26)(H,20,21,23). The molecule has 1 aromatic carbocycles. The number of aromatic nitrogens is 4. The predicted octanol–water partition coefficient (Wildman–Crippen LogP) is 2.22. The molecule has 0 bridgehead atoms. The van der Waals surface area contributed by atoms with E-state index in [1.807, 2.05) is 35.9 Å². The van der Waals surface area contributed by atoms with Gasteiger partial charge in [0.1, 0.15) is 0 Å². The van der Waals surface area contributed by atoms with Gasteiger partial charge in [-0.1, -0.05) is 17.7 Å². The van der Waals surface area contributed by atoms with Crippen molar-refractivity contribution in [3.63, 3.8) is 0 Å². The highest BCUT2D eigenvalue weighted by Gasteiger charge is 2.27. The topological polar surface area (TPSA) is 94.0 Å². The number of rotatable bonds is 5. The molecule has 3 aromatic rings. The third kappa shape index (κ3) is 3.33. The first-order valence-electron chi connectivity index (χ1n) is 8.77. The fourth-order valence-corrected chi connectivity index (χ4v) is 3.21. The molecule has 0 spiro atoms. The quantitative estimate of drug-likeness (QED) is 0.674. The van der Waals surface area contributed by atoms with E-state index in [0.717, 1.165) is 36.2 Å². The van der Waals surface area contributed by atoms with Gasteiger partial charge in [0, 0.05) is 23.5 Å². The fourth-order valence-electron chi connectivity index (χ4n) is 3.21. The van der Waals surface area contributed by atoms with Crippen molar-refractivity contribution in [2.45, 2.75) is 26.2 Å². The molecule has 0 saturated carbocycles. The van der Waals surface area contributed by atoms with Crippen LogP contribution in [0, 0.1) is 6.92 Å². The van der Waals surface area contributed by atoms with Crippen molar-refractivity contribution in [3.8, 4) is 11.6 Å². The Labute approximate surface area is 156 Å². The molecular formula is C19H20N6O2. The van der Waals surface area contributed by atoms with Gasteiger partial charge in [-0.2, -0.15) is 10.1 Å². The van der Waals surface area contributed by atoms with Crippen LogP contribution in [0.1, 0.15) is 33.7 Å². The number of benzene rings is 1. The predicted molar refractivity (Wildman–Crippen MR) is 100.0 cm³/mol. The van der Waals surface area contributed by atoms with Crippen LogP contribution in [0.2, 0.25) is 0 Å². The lowest BCUT2D eigenvalue weighted by Crippen LogP contribution is -2.31. The zero-order valence-electron chi connectivity index (χ0n) is 15.2. The molecule has 0 radical (unpaired) electrons. The minimum atomic E-state index is -0.314. The lowest BCUT2D eigenvalue weighted by Gasteiger charge is -2.07. The molecule has 2 heterocycles. The Kier molecular flexibility index (Phi) is 4.45. The molecule has 0 atom stereocenters. The highest BCUT2D eigenvalue weighted by molar-refractivity contribution is 5.94. The van der Waals surface area contributed by atoms with Crippen LogP contribution in [0.4, 0.5) is 5.95 Å². The maximum absolute atomic E-state index is 12.7. The molecule has 2 aromatic heterocycles. The number of hydrogen-bond acceptors (Lipinski definition) is 6. The number of hydrazine groups is 1. The molecule has 0 saturated heterocycles. The van der Waals surface area contributed by atoms with E-state index in [-0.39, 0.29) is 11.9 Å². The molecule has 8 heteroatoms. The number of nitrogens with zero attached hydrogens (tertiary/aromatic N) is 4. The van der Waals surface area contributed by atoms with Crippen LogP contribution in [-0.4, -0.2) is 32.8 Å². The van der Waals surface area contributed by atoms with Crippen molar-refractivity contribution in [1.29, 1.82) is 0 Å². The van der Waals surface area contributed by atoms with E-state index in [0.29, 0.717) is 11.6 Å². The molecule has 0 fully saturated rings. The summed E-state index contributed by atoms with van der Waals surface area (Å²) in [6.45, 7) is 2.04. The normalized spacial score (nSPS) is 12.5. The number of anilines is 1. The third-order valence-electron chi connectivity index (χ3n) is 4.55. The van der Waals surface area contributed by atoms with E-state index in [2.05, 4.69) is 25.9 Å². The van der Waals surface area contributed by atoms with E-state index in [1.54, 1.807) is 12.3 Å². The van der Waals surface area contributed by atoms with Crippen molar-refractivity contribution in [2.24, 2.45) is 0 Å². The van der Waals surface area contributed by atoms with Gasteiger partial charge >= 0.3 is 0 Å². The SMILES string of the molecule is COc1ccnc(NNC(=O)c2nn(-c3ccc(C)cc3)c3c2CCC3)n1. The summed E-state index contributed by atoms with van der Waals surface area (Å²) in [5.41, 5.74) is 10.0. The molecule has 8 nitrogen and oxygen atoms in total. The Morgan fingerprint density at radius 1 is 1.19 bits per heavy atom. The van der Waals surface area contributed by atoms with Gasteiger partial charge in [-0.15, -0.1) is 0 Å². The molecule has 2 N–H and O–H groups in total. The van der Waals surface area contributed by atoms with Crippen LogP contribution in [0.5, 0.6) is 5.88 Å². The van der Waals surface area contributed by atoms with Gasteiger partial charge in [-0.05, 0) is 38.3 Å². The van der Waals surface area contributed by atoms with Crippen molar-refractivity contribution in [3.05, 3.63) is 59.0 Å². The van der Waals surface area contributed by atoms with Gasteiger partial charge in [-0.25, -0.2) is 9.67 Å². The number of fused-ring (bicyclic) bond motifs is 1. The minimum Gasteiger partial charge on any atom is -0.481 e. The zero-order chi connectivity index (χ0) is 18.8. The fraction of sp³-hybridized carbons (Fsp3) is 0.263. The third-order valence-corrected chi connectivity index (χ3v) is 4.55. The molecule has 4 rings (SSSR count). The van der Waals surface area contributed by atoms with Crippen molar-refractivity contribution in [1.82, 2.24) is 25.2 Å². The van der Waals surface area contributed by atoms with E-state index < -0.39 is 0 Å². The summed E-state index contributed by atoms with van der Waals surface area (Å²) in [7, 11) is 1.52. The van der Waals surface area contributed by atoms with Gasteiger partial charge in [-0.3, -0.25) is 15.6 Å². The van der Waals surface area contributed by atoms with Crippen LogP contribution >= 0.6 is 0 Å². The molecule has 1 aliphatic carbocycles. The Hall–Kier alpha value is -3.42. The second kappa shape index (κ2) is 7.06. The van der Waals surface area contributed by atoms with E-state index in [4.69, 9.17) is 4.74 Å². The number of hydrogen-bond donors (Lipinski definition) is 2. The highest BCUT2D eigenvalue weighted by Crippen LogP contribution is 2.28. The monoisotopic (exact) mass is 364 g/mol. The maximum Gasteiger partial charge on any atom is 0.290 e. The summed E-state index contributed by atoms with van der Waals surface area (Å²) < 4.78 is 6.92. The zero-order valence-corrected chi connectivity index (χ0v) is 15.2. The molecule has 1 amide bonds. The van der Waals surface area contributed by atoms with E-state index >= 15 is 0 Å². The number of carbonyl (C=O) groups excluding carboxylic acids is 1. The summed E-state index contributed by atoms with van der Waals surface area (Å²) in [6.07, 6.45) is 4.32. The average molecular weight is 364 g/mol. The molecular weight excluding hydrogens is 344 g/mol. The Bertz CT molecular complexity index is 980. The van der Waals surface area contributed by atoms with E-state index in [1.165, 1.54) is 12.7 Å². The Balaban J connectivity index is 1.57. The molecule has 0 unspecified atom stereocenters. The number of ether oxygens (including phenoxy) is 1. The number of aryl methyl sites for hydroxylation is 1. The largest absolute Gasteiger partial charge is 0.481 e. The van der Waals surface area contributed by atoms with Gasteiger partial charge in [0.2, 0.25) is 11.8 Å². The van der Waals surface area contributed by atoms with Crippen LogP contribution in [0.25, 0.3) is 5.69 Å². The van der Waals surface area contributed by atoms with Crippen LogP contribution < -0.4 is 15.6 Å². The molecule has 0 aliphatic heterocycles. The first-order chi connectivity index (χ1) is 13.2. The van der Waals surface area contributed by atoms with Gasteiger partial charge < -0.3 is 4.74 Å². The smallest absolute Gasteiger partial charge is 0.290 e.